The van der Waals surface area contributed by atoms with Gasteiger partial charge in [0, 0.05) is 44.7 Å². The number of piperidine rings is 2. The van der Waals surface area contributed by atoms with Gasteiger partial charge < -0.3 is 19.3 Å². The molecule has 0 atom stereocenters. The SMILES string of the molecule is Cc1cc(C(=O)N2CCC3(CC2)OCCO3)nc(N2CCCCC2)n1. The van der Waals surface area contributed by atoms with Crippen molar-refractivity contribution in [3.8, 4) is 0 Å². The van der Waals surface area contributed by atoms with Gasteiger partial charge in [-0.2, -0.15) is 0 Å². The maximum Gasteiger partial charge on any atom is 0.272 e. The number of amides is 1. The van der Waals surface area contributed by atoms with E-state index in [1.54, 1.807) is 6.07 Å². The molecule has 25 heavy (non-hydrogen) atoms. The zero-order chi connectivity index (χ0) is 17.3. The molecule has 0 bridgehead atoms. The van der Waals surface area contributed by atoms with E-state index >= 15 is 0 Å². The Bertz CT molecular complexity index is 629. The molecule has 4 heterocycles. The van der Waals surface area contributed by atoms with E-state index < -0.39 is 5.79 Å². The van der Waals surface area contributed by atoms with Crippen LogP contribution in [-0.4, -0.2) is 66.0 Å². The lowest BCUT2D eigenvalue weighted by molar-refractivity contribution is -0.181. The summed E-state index contributed by atoms with van der Waals surface area (Å²) >= 11 is 0. The summed E-state index contributed by atoms with van der Waals surface area (Å²) in [5, 5.41) is 0. The summed E-state index contributed by atoms with van der Waals surface area (Å²) in [5.74, 6) is 0.215. The highest BCUT2D eigenvalue weighted by Gasteiger charge is 2.41. The molecule has 0 aliphatic carbocycles. The minimum Gasteiger partial charge on any atom is -0.347 e. The normalized spacial score (nSPS) is 23.2. The minimum absolute atomic E-state index is 0.0170. The Labute approximate surface area is 148 Å². The first-order chi connectivity index (χ1) is 12.2. The van der Waals surface area contributed by atoms with E-state index in [4.69, 9.17) is 9.47 Å². The van der Waals surface area contributed by atoms with E-state index in [9.17, 15) is 4.79 Å². The first-order valence-electron chi connectivity index (χ1n) is 9.33. The largest absolute Gasteiger partial charge is 0.347 e. The van der Waals surface area contributed by atoms with Crippen molar-refractivity contribution in [2.24, 2.45) is 0 Å². The molecule has 1 amide bonds. The highest BCUT2D eigenvalue weighted by molar-refractivity contribution is 5.92. The molecule has 1 aromatic rings. The molecule has 3 saturated heterocycles. The zero-order valence-corrected chi connectivity index (χ0v) is 14.9. The predicted molar refractivity (Wildman–Crippen MR) is 92.6 cm³/mol. The van der Waals surface area contributed by atoms with Gasteiger partial charge in [-0.05, 0) is 32.3 Å². The van der Waals surface area contributed by atoms with Gasteiger partial charge in [0.25, 0.3) is 5.91 Å². The standard InChI is InChI=1S/C18H26N4O3/c1-14-13-15(20-17(19-14)22-7-3-2-4-8-22)16(23)21-9-5-18(6-10-21)24-11-12-25-18/h13H,2-12H2,1H3. The van der Waals surface area contributed by atoms with Crippen LogP contribution in [0.25, 0.3) is 0 Å². The van der Waals surface area contributed by atoms with Crippen LogP contribution in [0, 0.1) is 6.92 Å². The third kappa shape index (κ3) is 3.48. The molecule has 0 aromatic carbocycles. The number of carbonyl (C=O) groups is 1. The molecule has 0 N–H and O–H groups in total. The number of rotatable bonds is 2. The number of aromatic nitrogens is 2. The van der Waals surface area contributed by atoms with Crippen LogP contribution in [0.3, 0.4) is 0 Å². The molecule has 0 saturated carbocycles. The van der Waals surface area contributed by atoms with E-state index in [0.29, 0.717) is 37.9 Å². The molecular weight excluding hydrogens is 320 g/mol. The summed E-state index contributed by atoms with van der Waals surface area (Å²) < 4.78 is 11.5. The molecular formula is C18H26N4O3. The lowest BCUT2D eigenvalue weighted by Crippen LogP contribution is -2.47. The van der Waals surface area contributed by atoms with Gasteiger partial charge >= 0.3 is 0 Å². The topological polar surface area (TPSA) is 67.8 Å². The average Bonchev–Trinajstić information content (AvgIpc) is 3.10. The quantitative estimate of drug-likeness (QED) is 0.813. The molecule has 4 rings (SSSR count). The van der Waals surface area contributed by atoms with Crippen LogP contribution in [-0.2, 0) is 9.47 Å². The molecule has 1 aromatic heterocycles. The van der Waals surface area contributed by atoms with E-state index in [1.807, 2.05) is 11.8 Å². The third-order valence-corrected chi connectivity index (χ3v) is 5.33. The van der Waals surface area contributed by atoms with Crippen LogP contribution in [0.2, 0.25) is 0 Å². The van der Waals surface area contributed by atoms with Gasteiger partial charge in [0.1, 0.15) is 5.69 Å². The van der Waals surface area contributed by atoms with Crippen molar-refractivity contribution >= 4 is 11.9 Å². The van der Waals surface area contributed by atoms with Crippen LogP contribution in [0.5, 0.6) is 0 Å². The average molecular weight is 346 g/mol. The van der Waals surface area contributed by atoms with Crippen molar-refractivity contribution in [3.05, 3.63) is 17.5 Å². The number of hydrogen-bond acceptors (Lipinski definition) is 6. The fraction of sp³-hybridized carbons (Fsp3) is 0.722. The van der Waals surface area contributed by atoms with Crippen LogP contribution in [0.15, 0.2) is 6.07 Å². The molecule has 3 aliphatic rings. The Morgan fingerprint density at radius 3 is 2.40 bits per heavy atom. The Morgan fingerprint density at radius 1 is 1.04 bits per heavy atom. The number of hydrogen-bond donors (Lipinski definition) is 0. The van der Waals surface area contributed by atoms with Crippen molar-refractivity contribution < 1.29 is 14.3 Å². The van der Waals surface area contributed by atoms with Crippen LogP contribution in [0.1, 0.15) is 48.3 Å². The van der Waals surface area contributed by atoms with Gasteiger partial charge in [-0.25, -0.2) is 9.97 Å². The van der Waals surface area contributed by atoms with E-state index in [0.717, 1.165) is 44.5 Å². The highest BCUT2D eigenvalue weighted by atomic mass is 16.7. The molecule has 1 spiro atoms. The highest BCUT2D eigenvalue weighted by Crippen LogP contribution is 2.31. The lowest BCUT2D eigenvalue weighted by atomic mass is 10.0. The molecule has 3 aliphatic heterocycles. The van der Waals surface area contributed by atoms with E-state index in [-0.39, 0.29) is 5.91 Å². The number of nitrogens with zero attached hydrogens (tertiary/aromatic N) is 4. The Hall–Kier alpha value is -1.73. The molecule has 7 heteroatoms. The number of ether oxygens (including phenoxy) is 2. The number of likely N-dealkylation sites (tertiary alicyclic amines) is 1. The second-order valence-electron chi connectivity index (χ2n) is 7.14. The third-order valence-electron chi connectivity index (χ3n) is 5.33. The van der Waals surface area contributed by atoms with Gasteiger partial charge in [-0.15, -0.1) is 0 Å². The summed E-state index contributed by atoms with van der Waals surface area (Å²) in [6.07, 6.45) is 5.03. The van der Waals surface area contributed by atoms with Crippen molar-refractivity contribution in [2.75, 3.05) is 44.3 Å². The fourth-order valence-electron chi connectivity index (χ4n) is 3.90. The monoisotopic (exact) mass is 346 g/mol. The van der Waals surface area contributed by atoms with Crippen molar-refractivity contribution in [1.29, 1.82) is 0 Å². The number of anilines is 1. The van der Waals surface area contributed by atoms with Gasteiger partial charge in [-0.1, -0.05) is 0 Å². The smallest absolute Gasteiger partial charge is 0.272 e. The second-order valence-corrected chi connectivity index (χ2v) is 7.14. The molecule has 3 fully saturated rings. The van der Waals surface area contributed by atoms with Crippen LogP contribution in [0.4, 0.5) is 5.95 Å². The van der Waals surface area contributed by atoms with Crippen LogP contribution < -0.4 is 4.90 Å². The first-order valence-corrected chi connectivity index (χ1v) is 9.33. The molecule has 136 valence electrons. The maximum atomic E-state index is 12.9. The predicted octanol–water partition coefficient (Wildman–Crippen LogP) is 1.75. The number of aryl methyl sites for hydroxylation is 1. The number of carbonyl (C=O) groups excluding carboxylic acids is 1. The summed E-state index contributed by atoms with van der Waals surface area (Å²) in [5.41, 5.74) is 1.34. The molecule has 7 nitrogen and oxygen atoms in total. The summed E-state index contributed by atoms with van der Waals surface area (Å²) in [6.45, 7) is 6.45. The lowest BCUT2D eigenvalue weighted by Gasteiger charge is -2.37. The summed E-state index contributed by atoms with van der Waals surface area (Å²) in [6, 6.07) is 1.79. The second kappa shape index (κ2) is 6.88. The van der Waals surface area contributed by atoms with Crippen molar-refractivity contribution in [2.45, 2.75) is 44.8 Å². The van der Waals surface area contributed by atoms with E-state index in [1.165, 1.54) is 6.42 Å². The first kappa shape index (κ1) is 16.7. The van der Waals surface area contributed by atoms with Gasteiger partial charge in [0.05, 0.1) is 13.2 Å². The summed E-state index contributed by atoms with van der Waals surface area (Å²) in [7, 11) is 0. The molecule has 0 radical (unpaired) electrons. The van der Waals surface area contributed by atoms with Crippen LogP contribution >= 0.6 is 0 Å². The van der Waals surface area contributed by atoms with Crippen molar-refractivity contribution in [1.82, 2.24) is 14.9 Å². The fourth-order valence-corrected chi connectivity index (χ4v) is 3.90. The zero-order valence-electron chi connectivity index (χ0n) is 14.9. The Balaban J connectivity index is 1.47. The maximum absolute atomic E-state index is 12.9. The van der Waals surface area contributed by atoms with E-state index in [2.05, 4.69) is 14.9 Å². The van der Waals surface area contributed by atoms with Gasteiger partial charge in [0.2, 0.25) is 5.95 Å². The van der Waals surface area contributed by atoms with Gasteiger partial charge in [-0.3, -0.25) is 4.79 Å². The Morgan fingerprint density at radius 2 is 1.72 bits per heavy atom. The molecule has 0 unspecified atom stereocenters. The Kier molecular flexibility index (Phi) is 4.60. The van der Waals surface area contributed by atoms with Crippen molar-refractivity contribution in [3.63, 3.8) is 0 Å². The minimum atomic E-state index is -0.461. The summed E-state index contributed by atoms with van der Waals surface area (Å²) in [4.78, 5) is 26.1. The van der Waals surface area contributed by atoms with Gasteiger partial charge in [0.15, 0.2) is 5.79 Å².